The number of carbonyl (C=O) groups is 1. The van der Waals surface area contributed by atoms with Crippen molar-refractivity contribution in [2.45, 2.75) is 31.8 Å². The lowest BCUT2D eigenvalue weighted by Crippen LogP contribution is -2.39. The van der Waals surface area contributed by atoms with Crippen LogP contribution in [0.5, 0.6) is 0 Å². The van der Waals surface area contributed by atoms with E-state index >= 15 is 0 Å². The summed E-state index contributed by atoms with van der Waals surface area (Å²) in [6.45, 7) is 2.06. The van der Waals surface area contributed by atoms with Crippen molar-refractivity contribution in [2.24, 2.45) is 11.7 Å². The van der Waals surface area contributed by atoms with Gasteiger partial charge in [0.15, 0.2) is 0 Å². The maximum Gasteiger partial charge on any atom is 0.222 e. The number of likely N-dealkylation sites (tertiary alicyclic amines) is 1. The van der Waals surface area contributed by atoms with Gasteiger partial charge in [-0.1, -0.05) is 30.3 Å². The van der Waals surface area contributed by atoms with Gasteiger partial charge in [-0.2, -0.15) is 0 Å². The van der Waals surface area contributed by atoms with E-state index in [2.05, 4.69) is 0 Å². The Labute approximate surface area is 132 Å². The molecule has 1 heterocycles. The number of amides is 1. The standard InChI is InChI=1S/C16H24N2O2.ClH/c17-10-4-7-15(19)18-11-8-14(9-12-18)16(20)13-5-2-1-3-6-13;/h1-3,5-6,14,16,20H,4,7-12,17H2;1H. The molecule has 1 saturated heterocycles. The third kappa shape index (κ3) is 4.99. The Morgan fingerprint density at radius 3 is 2.48 bits per heavy atom. The number of nitrogens with zero attached hydrogens (tertiary/aromatic N) is 1. The molecular weight excluding hydrogens is 288 g/mol. The minimum atomic E-state index is -0.419. The number of halogens is 1. The average Bonchev–Trinajstić information content (AvgIpc) is 2.53. The molecule has 1 aromatic carbocycles. The monoisotopic (exact) mass is 312 g/mol. The van der Waals surface area contributed by atoms with Crippen LogP contribution in [0.1, 0.15) is 37.4 Å². The number of hydrogen-bond donors (Lipinski definition) is 2. The number of hydrogen-bond acceptors (Lipinski definition) is 3. The molecule has 0 aliphatic carbocycles. The lowest BCUT2D eigenvalue weighted by Gasteiger charge is -2.34. The number of piperidine rings is 1. The molecule has 4 nitrogen and oxygen atoms in total. The largest absolute Gasteiger partial charge is 0.388 e. The number of rotatable bonds is 5. The Morgan fingerprint density at radius 2 is 1.90 bits per heavy atom. The Balaban J connectivity index is 0.00000220. The predicted octanol–water partition coefficient (Wildman–Crippen LogP) is 2.12. The third-order valence-electron chi connectivity index (χ3n) is 4.07. The molecule has 0 saturated carbocycles. The molecule has 0 bridgehead atoms. The van der Waals surface area contributed by atoms with E-state index in [1.807, 2.05) is 35.2 Å². The van der Waals surface area contributed by atoms with E-state index in [9.17, 15) is 9.90 Å². The third-order valence-corrected chi connectivity index (χ3v) is 4.07. The molecule has 0 aromatic heterocycles. The second kappa shape index (κ2) is 9.03. The number of aliphatic hydroxyl groups excluding tert-OH is 1. The molecule has 21 heavy (non-hydrogen) atoms. The summed E-state index contributed by atoms with van der Waals surface area (Å²) in [6, 6.07) is 9.77. The van der Waals surface area contributed by atoms with Gasteiger partial charge in [0.1, 0.15) is 0 Å². The molecule has 1 aliphatic heterocycles. The van der Waals surface area contributed by atoms with Gasteiger partial charge in [0.05, 0.1) is 6.10 Å². The fraction of sp³-hybridized carbons (Fsp3) is 0.562. The molecule has 1 amide bonds. The van der Waals surface area contributed by atoms with Gasteiger partial charge in [-0.05, 0) is 37.3 Å². The van der Waals surface area contributed by atoms with Gasteiger partial charge in [-0.25, -0.2) is 0 Å². The van der Waals surface area contributed by atoms with Gasteiger partial charge in [0.25, 0.3) is 0 Å². The van der Waals surface area contributed by atoms with Crippen LogP contribution >= 0.6 is 12.4 Å². The van der Waals surface area contributed by atoms with E-state index < -0.39 is 6.10 Å². The van der Waals surface area contributed by atoms with Crippen LogP contribution in [0.15, 0.2) is 30.3 Å². The molecule has 1 atom stereocenters. The van der Waals surface area contributed by atoms with Crippen molar-refractivity contribution in [1.29, 1.82) is 0 Å². The van der Waals surface area contributed by atoms with Gasteiger partial charge in [0.2, 0.25) is 5.91 Å². The summed E-state index contributed by atoms with van der Waals surface area (Å²) in [7, 11) is 0. The SMILES string of the molecule is Cl.NCCCC(=O)N1CCC(C(O)c2ccccc2)CC1. The fourth-order valence-corrected chi connectivity index (χ4v) is 2.80. The Bertz CT molecular complexity index is 420. The van der Waals surface area contributed by atoms with Crippen molar-refractivity contribution in [3.63, 3.8) is 0 Å². The first-order chi connectivity index (χ1) is 9.72. The van der Waals surface area contributed by atoms with Crippen molar-refractivity contribution in [2.75, 3.05) is 19.6 Å². The van der Waals surface area contributed by atoms with Crippen LogP contribution in [0, 0.1) is 5.92 Å². The highest BCUT2D eigenvalue weighted by Crippen LogP contribution is 2.30. The molecule has 2 rings (SSSR count). The van der Waals surface area contributed by atoms with Crippen LogP contribution in [0.25, 0.3) is 0 Å². The predicted molar refractivity (Wildman–Crippen MR) is 86.2 cm³/mol. The zero-order chi connectivity index (χ0) is 14.4. The number of nitrogens with two attached hydrogens (primary N) is 1. The van der Waals surface area contributed by atoms with Gasteiger partial charge in [0, 0.05) is 19.5 Å². The second-order valence-electron chi connectivity index (χ2n) is 5.47. The van der Waals surface area contributed by atoms with Crippen molar-refractivity contribution in [1.82, 2.24) is 4.90 Å². The Kier molecular flexibility index (Phi) is 7.72. The summed E-state index contributed by atoms with van der Waals surface area (Å²) in [5.74, 6) is 0.444. The zero-order valence-electron chi connectivity index (χ0n) is 12.3. The first-order valence-electron chi connectivity index (χ1n) is 7.43. The highest BCUT2D eigenvalue weighted by atomic mass is 35.5. The molecule has 1 aromatic rings. The molecule has 1 aliphatic rings. The highest BCUT2D eigenvalue weighted by molar-refractivity contribution is 5.85. The van der Waals surface area contributed by atoms with Crippen LogP contribution in [0.4, 0.5) is 0 Å². The minimum absolute atomic E-state index is 0. The van der Waals surface area contributed by atoms with Gasteiger partial charge in [-0.15, -0.1) is 12.4 Å². The maximum atomic E-state index is 11.9. The van der Waals surface area contributed by atoms with Crippen molar-refractivity contribution >= 4 is 18.3 Å². The number of aliphatic hydroxyl groups is 1. The topological polar surface area (TPSA) is 66.6 Å². The second-order valence-corrected chi connectivity index (χ2v) is 5.47. The lowest BCUT2D eigenvalue weighted by atomic mass is 9.87. The van der Waals surface area contributed by atoms with E-state index in [1.165, 1.54) is 0 Å². The Hall–Kier alpha value is -1.10. The van der Waals surface area contributed by atoms with Crippen LogP contribution in [0.2, 0.25) is 0 Å². The minimum Gasteiger partial charge on any atom is -0.388 e. The Morgan fingerprint density at radius 1 is 1.29 bits per heavy atom. The normalized spacial score (nSPS) is 17.1. The summed E-state index contributed by atoms with van der Waals surface area (Å²) < 4.78 is 0. The summed E-state index contributed by atoms with van der Waals surface area (Å²) in [5.41, 5.74) is 6.40. The van der Waals surface area contributed by atoms with E-state index in [-0.39, 0.29) is 24.2 Å². The van der Waals surface area contributed by atoms with Crippen molar-refractivity contribution in [3.05, 3.63) is 35.9 Å². The summed E-state index contributed by atoms with van der Waals surface area (Å²) in [5, 5.41) is 10.4. The van der Waals surface area contributed by atoms with Crippen LogP contribution in [-0.4, -0.2) is 35.5 Å². The molecule has 0 spiro atoms. The molecule has 0 radical (unpaired) electrons. The van der Waals surface area contributed by atoms with Crippen molar-refractivity contribution < 1.29 is 9.90 Å². The summed E-state index contributed by atoms with van der Waals surface area (Å²) in [6.07, 6.45) is 2.61. The quantitative estimate of drug-likeness (QED) is 0.875. The van der Waals surface area contributed by atoms with E-state index in [1.54, 1.807) is 0 Å². The molecule has 5 heteroatoms. The van der Waals surface area contributed by atoms with Crippen molar-refractivity contribution in [3.8, 4) is 0 Å². The summed E-state index contributed by atoms with van der Waals surface area (Å²) >= 11 is 0. The molecule has 3 N–H and O–H groups in total. The average molecular weight is 313 g/mol. The zero-order valence-corrected chi connectivity index (χ0v) is 13.1. The number of carbonyl (C=O) groups excluding carboxylic acids is 1. The molecule has 1 fully saturated rings. The van der Waals surface area contributed by atoms with Gasteiger partial charge < -0.3 is 15.7 Å². The molecule has 1 unspecified atom stereocenters. The maximum absolute atomic E-state index is 11.9. The fourth-order valence-electron chi connectivity index (χ4n) is 2.80. The van der Waals surface area contributed by atoms with Crippen LogP contribution < -0.4 is 5.73 Å². The van der Waals surface area contributed by atoms with Gasteiger partial charge in [-0.3, -0.25) is 4.79 Å². The van der Waals surface area contributed by atoms with E-state index in [4.69, 9.17) is 5.73 Å². The molecule has 118 valence electrons. The number of benzene rings is 1. The van der Waals surface area contributed by atoms with E-state index in [0.29, 0.717) is 13.0 Å². The highest BCUT2D eigenvalue weighted by Gasteiger charge is 2.27. The lowest BCUT2D eigenvalue weighted by molar-refractivity contribution is -0.133. The van der Waals surface area contributed by atoms with Crippen LogP contribution in [0.3, 0.4) is 0 Å². The van der Waals surface area contributed by atoms with Crippen LogP contribution in [-0.2, 0) is 4.79 Å². The smallest absolute Gasteiger partial charge is 0.222 e. The first kappa shape index (κ1) is 18.0. The summed E-state index contributed by atoms with van der Waals surface area (Å²) in [4.78, 5) is 13.8. The van der Waals surface area contributed by atoms with E-state index in [0.717, 1.165) is 37.9 Å². The first-order valence-corrected chi connectivity index (χ1v) is 7.43. The molecular formula is C16H25ClN2O2. The van der Waals surface area contributed by atoms with Gasteiger partial charge >= 0.3 is 0 Å².